The molecule has 23 N–H and O–H groups in total. The van der Waals surface area contributed by atoms with Crippen LogP contribution < -0.4 is 71.2 Å². The number of aliphatic hydroxyl groups is 1. The van der Waals surface area contributed by atoms with Gasteiger partial charge in [-0.05, 0) is 83.0 Å². The van der Waals surface area contributed by atoms with Crippen LogP contribution in [0.25, 0.3) is 0 Å². The van der Waals surface area contributed by atoms with Crippen molar-refractivity contribution in [2.75, 3.05) is 6.54 Å². The van der Waals surface area contributed by atoms with E-state index in [2.05, 4.69) is 37.2 Å². The monoisotopic (exact) mass is 1100 g/mol. The third-order valence-corrected chi connectivity index (χ3v) is 11.1. The molecule has 11 amide bonds. The Morgan fingerprint density at radius 1 is 0.481 bits per heavy atom. The molecule has 0 aliphatic carbocycles. The normalized spacial score (nSPS) is 14.8. The van der Waals surface area contributed by atoms with Crippen molar-refractivity contribution < 1.29 is 92.7 Å². The smallest absolute Gasteiger partial charge is 0.326 e. The molecule has 0 fully saturated rings. The lowest BCUT2D eigenvalue weighted by Gasteiger charge is -2.28. The molecule has 1 rings (SSSR count). The van der Waals surface area contributed by atoms with Crippen molar-refractivity contribution >= 4 is 82.9 Å². The molecule has 0 saturated carbocycles. The summed E-state index contributed by atoms with van der Waals surface area (Å²) >= 11 is 0. The highest BCUT2D eigenvalue weighted by molar-refractivity contribution is 5.99. The molecule has 0 aliphatic rings. The molecule has 32 heteroatoms. The first-order chi connectivity index (χ1) is 35.9. The molecule has 0 aromatic heterocycles. The van der Waals surface area contributed by atoms with E-state index in [4.69, 9.17) is 28.7 Å². The quantitative estimate of drug-likeness (QED) is 0.0275. The van der Waals surface area contributed by atoms with E-state index in [1.165, 1.54) is 24.3 Å². The molecule has 0 aliphatic heterocycles. The molecule has 77 heavy (non-hydrogen) atoms. The topological polar surface area (TPSA) is 566 Å². The number of phenols is 1. The van der Waals surface area contributed by atoms with Crippen LogP contribution in [0.4, 0.5) is 0 Å². The van der Waals surface area contributed by atoms with Crippen LogP contribution >= 0.6 is 0 Å². The fourth-order valence-corrected chi connectivity index (χ4v) is 6.86. The summed E-state index contributed by atoms with van der Waals surface area (Å²) in [5.74, 6) is -17.6. The van der Waals surface area contributed by atoms with Crippen molar-refractivity contribution in [1.82, 2.24) is 42.5 Å². The van der Waals surface area contributed by atoms with Gasteiger partial charge in [0.25, 0.3) is 0 Å². The summed E-state index contributed by atoms with van der Waals surface area (Å²) in [6.45, 7) is 2.25. The number of hydrogen-bond donors (Lipinski definition) is 18. The van der Waals surface area contributed by atoms with Gasteiger partial charge in [-0.3, -0.25) is 62.3 Å². The van der Waals surface area contributed by atoms with E-state index in [0.29, 0.717) is 12.0 Å². The molecule has 1 aromatic carbocycles. The van der Waals surface area contributed by atoms with Gasteiger partial charge in [-0.25, -0.2) is 4.79 Å². The number of nitrogens with two attached hydrogens (primary N) is 5. The first-order valence-corrected chi connectivity index (χ1v) is 23.8. The van der Waals surface area contributed by atoms with Crippen LogP contribution in [0, 0.1) is 0 Å². The van der Waals surface area contributed by atoms with Gasteiger partial charge in [-0.15, -0.1) is 0 Å². The number of phenolic OH excluding ortho intramolecular Hbond substituents is 1. The minimum atomic E-state index is -2.17. The Bertz CT molecular complexity index is 2300. The molecular weight excluding hydrogens is 1030 g/mol. The zero-order valence-electron chi connectivity index (χ0n) is 42.1. The second-order valence-corrected chi connectivity index (χ2v) is 17.6. The second-order valence-electron chi connectivity index (χ2n) is 17.6. The van der Waals surface area contributed by atoms with Crippen LogP contribution in [0.5, 0.6) is 5.75 Å². The Hall–Kier alpha value is -8.52. The van der Waals surface area contributed by atoms with Gasteiger partial charge in [-0.1, -0.05) is 12.1 Å². The van der Waals surface area contributed by atoms with Gasteiger partial charge in [0.15, 0.2) is 0 Å². The molecule has 0 spiro atoms. The highest BCUT2D eigenvalue weighted by Crippen LogP contribution is 2.12. The Kier molecular flexibility index (Phi) is 28.9. The highest BCUT2D eigenvalue weighted by Gasteiger charge is 2.37. The summed E-state index contributed by atoms with van der Waals surface area (Å²) in [4.78, 5) is 178. The molecule has 0 bridgehead atoms. The average Bonchev–Trinajstić information content (AvgIpc) is 3.33. The molecule has 32 nitrogen and oxygen atoms in total. The SMILES string of the molecule is CC(NC(=O)C(CCC(=O)O)NC(=O)C(CC(=O)O)NC(=O)C(NC(=O)C(CCC(N)=O)NC(=O)C(CCC(N)=O)NC(=O)C(N)Cc1ccc(O)cc1)C(C)O)C(=O)NC(CC(N)=O)C(=O)NC(CCCCN)C(=O)O. The van der Waals surface area contributed by atoms with E-state index < -0.39 is 195 Å². The Morgan fingerprint density at radius 2 is 0.909 bits per heavy atom. The number of carbonyl (C=O) groups excluding carboxylic acids is 11. The minimum absolute atomic E-state index is 0.0627. The van der Waals surface area contributed by atoms with Crippen LogP contribution in [0.15, 0.2) is 24.3 Å². The lowest BCUT2D eigenvalue weighted by atomic mass is 10.0. The van der Waals surface area contributed by atoms with Gasteiger partial charge in [0.2, 0.25) is 65.0 Å². The van der Waals surface area contributed by atoms with Gasteiger partial charge < -0.3 is 96.7 Å². The van der Waals surface area contributed by atoms with Gasteiger partial charge >= 0.3 is 17.9 Å². The third kappa shape index (κ3) is 26.0. The number of aliphatic hydroxyl groups excluding tert-OH is 1. The molecule has 10 unspecified atom stereocenters. The van der Waals surface area contributed by atoms with Crippen molar-refractivity contribution in [2.24, 2.45) is 28.7 Å². The second kappa shape index (κ2) is 33.4. The molecule has 10 atom stereocenters. The summed E-state index contributed by atoms with van der Waals surface area (Å²) in [5.41, 5.74) is 27.8. The number of amides is 11. The van der Waals surface area contributed by atoms with Gasteiger partial charge in [0.1, 0.15) is 54.1 Å². The Balaban J connectivity index is 3.37. The predicted molar refractivity (Wildman–Crippen MR) is 263 cm³/mol. The molecular formula is C45H69N13O19. The van der Waals surface area contributed by atoms with Crippen molar-refractivity contribution in [3.05, 3.63) is 29.8 Å². The maximum atomic E-state index is 13.8. The molecule has 0 saturated heterocycles. The number of carbonyl (C=O) groups is 14. The number of hydrogen-bond acceptors (Lipinski definition) is 18. The number of benzene rings is 1. The number of nitrogens with one attached hydrogen (secondary N) is 8. The van der Waals surface area contributed by atoms with E-state index in [0.717, 1.165) is 13.8 Å². The van der Waals surface area contributed by atoms with Crippen LogP contribution in [-0.4, -0.2) is 175 Å². The number of unbranched alkanes of at least 4 members (excludes halogenated alkanes) is 1. The number of rotatable bonds is 37. The predicted octanol–water partition coefficient (Wildman–Crippen LogP) is -7.50. The summed E-state index contributed by atoms with van der Waals surface area (Å²) in [7, 11) is 0. The van der Waals surface area contributed by atoms with E-state index >= 15 is 0 Å². The van der Waals surface area contributed by atoms with E-state index in [9.17, 15) is 92.7 Å². The summed E-state index contributed by atoms with van der Waals surface area (Å²) < 4.78 is 0. The number of aromatic hydroxyl groups is 1. The number of primary amides is 3. The fourth-order valence-electron chi connectivity index (χ4n) is 6.86. The Labute approximate surface area is 439 Å². The molecule has 0 radical (unpaired) electrons. The third-order valence-electron chi connectivity index (χ3n) is 11.1. The lowest BCUT2D eigenvalue weighted by molar-refractivity contribution is -0.143. The summed E-state index contributed by atoms with van der Waals surface area (Å²) in [6.07, 6.45) is -7.06. The van der Waals surface area contributed by atoms with Crippen molar-refractivity contribution in [1.29, 1.82) is 0 Å². The zero-order valence-corrected chi connectivity index (χ0v) is 42.1. The van der Waals surface area contributed by atoms with E-state index in [1.54, 1.807) is 0 Å². The zero-order chi connectivity index (χ0) is 58.7. The molecule has 1 aromatic rings. The lowest BCUT2D eigenvalue weighted by Crippen LogP contribution is -2.62. The molecule has 428 valence electrons. The van der Waals surface area contributed by atoms with Gasteiger partial charge in [0, 0.05) is 19.3 Å². The number of aliphatic carboxylic acids is 3. The maximum absolute atomic E-state index is 13.8. The van der Waals surface area contributed by atoms with Crippen LogP contribution in [-0.2, 0) is 73.5 Å². The van der Waals surface area contributed by atoms with Crippen molar-refractivity contribution in [3.63, 3.8) is 0 Å². The fraction of sp³-hybridized carbons (Fsp3) is 0.556. The van der Waals surface area contributed by atoms with E-state index in [1.807, 2.05) is 5.32 Å². The van der Waals surface area contributed by atoms with Gasteiger partial charge in [0.05, 0.1) is 25.0 Å². The van der Waals surface area contributed by atoms with Crippen molar-refractivity contribution in [3.8, 4) is 5.75 Å². The maximum Gasteiger partial charge on any atom is 0.326 e. The first kappa shape index (κ1) is 66.5. The van der Waals surface area contributed by atoms with Crippen LogP contribution in [0.2, 0.25) is 0 Å². The van der Waals surface area contributed by atoms with Crippen LogP contribution in [0.3, 0.4) is 0 Å². The number of carboxylic acids is 3. The van der Waals surface area contributed by atoms with E-state index in [-0.39, 0.29) is 31.6 Å². The first-order valence-electron chi connectivity index (χ1n) is 23.8. The van der Waals surface area contributed by atoms with Crippen molar-refractivity contribution in [2.45, 2.75) is 151 Å². The molecule has 0 heterocycles. The summed E-state index contributed by atoms with van der Waals surface area (Å²) in [6, 6.07) is -10.1. The average molecular weight is 1100 g/mol. The summed E-state index contributed by atoms with van der Waals surface area (Å²) in [5, 5.41) is 66.1. The minimum Gasteiger partial charge on any atom is -0.508 e. The van der Waals surface area contributed by atoms with Crippen LogP contribution in [0.1, 0.15) is 90.0 Å². The van der Waals surface area contributed by atoms with Gasteiger partial charge in [-0.2, -0.15) is 0 Å². The largest absolute Gasteiger partial charge is 0.508 e. The number of carboxylic acid groups (broad SMARTS) is 3. The standard InChI is InChI=1S/C45H69N13O19/c1-20(37(68)56-29(18-33(50)63)42(73)55-28(45(76)77)5-3-4-16-46)51-39(70)27(12-15-34(64)65)54-43(74)30(19-35(66)67)57-44(75)36(21(2)59)58-41(72)26(11-14-32(49)62)53-40(71)25(10-13-31(48)61)52-38(69)24(47)17-22-6-8-23(60)9-7-22/h6-9,20-21,24-30,36,59-60H,3-5,10-19,46-47H2,1-2H3,(H2,48,61)(H2,49,62)(H2,50,63)(H,51,70)(H,52,69)(H,53,71)(H,54,74)(H,55,73)(H,56,68)(H,57,75)(H,58,72)(H,64,65)(H,66,67)(H,76,77). The highest BCUT2D eigenvalue weighted by atomic mass is 16.4. The Morgan fingerprint density at radius 3 is 1.36 bits per heavy atom.